The number of ether oxygens (including phenoxy) is 3. The van der Waals surface area contributed by atoms with Gasteiger partial charge in [-0.2, -0.15) is 13.9 Å². The number of hydrogen-bond donors (Lipinski definition) is 1. The number of aromatic nitrogens is 1. The fraction of sp³-hybridized carbons (Fsp3) is 0.188. The first-order valence-electron chi connectivity index (χ1n) is 7.20. The number of rotatable bonds is 8. The van der Waals surface area contributed by atoms with Crippen molar-refractivity contribution in [1.29, 1.82) is 0 Å². The minimum absolute atomic E-state index is 0.0264. The Kier molecular flexibility index (Phi) is 7.10. The maximum Gasteiger partial charge on any atom is 0.387 e. The van der Waals surface area contributed by atoms with Crippen molar-refractivity contribution in [3.8, 4) is 17.4 Å². The lowest BCUT2D eigenvalue weighted by Crippen LogP contribution is -2.15. The number of alkyl halides is 2. The summed E-state index contributed by atoms with van der Waals surface area (Å²) >= 11 is 5.78. The van der Waals surface area contributed by atoms with E-state index < -0.39 is 6.61 Å². The van der Waals surface area contributed by atoms with Gasteiger partial charge in [0.2, 0.25) is 0 Å². The molecule has 0 amide bonds. The van der Waals surface area contributed by atoms with Crippen LogP contribution in [0.25, 0.3) is 0 Å². The topological polar surface area (TPSA) is 91.3 Å². The van der Waals surface area contributed by atoms with Crippen LogP contribution in [0.5, 0.6) is 17.4 Å². The molecule has 2 rings (SSSR count). The summed E-state index contributed by atoms with van der Waals surface area (Å²) < 4.78 is 39.6. The summed E-state index contributed by atoms with van der Waals surface area (Å²) in [4.78, 5) is 8.12. The molecule has 10 heteroatoms. The van der Waals surface area contributed by atoms with Crippen molar-refractivity contribution in [1.82, 2.24) is 4.98 Å². The molecule has 0 atom stereocenters. The van der Waals surface area contributed by atoms with Gasteiger partial charge in [-0.1, -0.05) is 11.6 Å². The van der Waals surface area contributed by atoms with Crippen molar-refractivity contribution in [2.75, 3.05) is 13.7 Å². The number of aliphatic imine (C=N–C) groups is 1. The Morgan fingerprint density at radius 1 is 1.35 bits per heavy atom. The second-order valence-corrected chi connectivity index (χ2v) is 5.08. The average molecular weight is 385 g/mol. The van der Waals surface area contributed by atoms with Gasteiger partial charge in [-0.05, 0) is 24.3 Å². The van der Waals surface area contributed by atoms with E-state index in [0.717, 1.165) is 0 Å². The molecule has 2 N–H and O–H groups in total. The molecule has 0 aliphatic carbocycles. The molecule has 0 aliphatic rings. The molecule has 0 saturated heterocycles. The second-order valence-electron chi connectivity index (χ2n) is 4.67. The molecule has 138 valence electrons. The van der Waals surface area contributed by atoms with Crippen molar-refractivity contribution in [3.05, 3.63) is 41.6 Å². The van der Waals surface area contributed by atoms with Gasteiger partial charge in [-0.3, -0.25) is 4.99 Å². The molecule has 0 spiro atoms. The van der Waals surface area contributed by atoms with Crippen LogP contribution < -0.4 is 20.1 Å². The number of hydrogen-bond acceptors (Lipinski definition) is 7. The zero-order chi connectivity index (χ0) is 18.9. The van der Waals surface area contributed by atoms with Crippen LogP contribution in [0.15, 0.2) is 46.6 Å². The van der Waals surface area contributed by atoms with Gasteiger partial charge in [0.1, 0.15) is 18.1 Å². The second kappa shape index (κ2) is 9.52. The lowest BCUT2D eigenvalue weighted by atomic mass is 10.3. The summed E-state index contributed by atoms with van der Waals surface area (Å²) in [5, 5.41) is 3.60. The van der Waals surface area contributed by atoms with Gasteiger partial charge in [0, 0.05) is 12.3 Å². The average Bonchev–Trinajstić information content (AvgIpc) is 2.64. The van der Waals surface area contributed by atoms with Gasteiger partial charge >= 0.3 is 6.61 Å². The Labute approximate surface area is 153 Å². The minimum Gasteiger partial charge on any atom is -0.491 e. The molecule has 0 fully saturated rings. The number of hydrazone groups is 1. The normalized spacial score (nSPS) is 11.8. The van der Waals surface area contributed by atoms with Crippen molar-refractivity contribution in [2.24, 2.45) is 15.9 Å². The molecule has 1 heterocycles. The summed E-state index contributed by atoms with van der Waals surface area (Å²) in [5.74, 6) is 5.85. The highest BCUT2D eigenvalue weighted by atomic mass is 35.5. The van der Waals surface area contributed by atoms with Gasteiger partial charge in [-0.25, -0.2) is 4.98 Å². The summed E-state index contributed by atoms with van der Waals surface area (Å²) in [7, 11) is 1.49. The van der Waals surface area contributed by atoms with Gasteiger partial charge in [0.15, 0.2) is 5.75 Å². The Hall–Kier alpha value is -2.94. The van der Waals surface area contributed by atoms with E-state index in [1.165, 1.54) is 31.5 Å². The Morgan fingerprint density at radius 3 is 2.85 bits per heavy atom. The van der Waals surface area contributed by atoms with Crippen LogP contribution in [-0.2, 0) is 0 Å². The molecule has 0 aliphatic heterocycles. The quantitative estimate of drug-likeness (QED) is 0.427. The highest BCUT2D eigenvalue weighted by Gasteiger charge is 2.10. The van der Waals surface area contributed by atoms with E-state index in [9.17, 15) is 8.78 Å². The van der Waals surface area contributed by atoms with Crippen LogP contribution in [0.1, 0.15) is 0 Å². The molecule has 0 unspecified atom stereocenters. The third kappa shape index (κ3) is 5.55. The van der Waals surface area contributed by atoms with Crippen LogP contribution in [-0.4, -0.2) is 37.2 Å². The Morgan fingerprint density at radius 2 is 2.15 bits per heavy atom. The highest BCUT2D eigenvalue weighted by molar-refractivity contribution is 6.32. The van der Waals surface area contributed by atoms with E-state index in [2.05, 4.69) is 19.8 Å². The lowest BCUT2D eigenvalue weighted by molar-refractivity contribution is -0.0497. The fourth-order valence-electron chi connectivity index (χ4n) is 1.80. The van der Waals surface area contributed by atoms with Crippen LogP contribution in [0.3, 0.4) is 0 Å². The molecule has 0 bridgehead atoms. The van der Waals surface area contributed by atoms with Crippen LogP contribution >= 0.6 is 11.6 Å². The Balaban J connectivity index is 2.05. The van der Waals surface area contributed by atoms with E-state index in [4.69, 9.17) is 26.9 Å². The molecule has 7 nitrogen and oxygen atoms in total. The third-order valence-corrected chi connectivity index (χ3v) is 3.28. The number of nitrogens with two attached hydrogens (primary N) is 1. The van der Waals surface area contributed by atoms with Crippen molar-refractivity contribution < 1.29 is 23.0 Å². The number of methoxy groups -OCH3 is 1. The number of benzene rings is 1. The summed E-state index contributed by atoms with van der Waals surface area (Å²) in [6.07, 6.45) is 2.87. The zero-order valence-electron chi connectivity index (χ0n) is 13.6. The third-order valence-electron chi connectivity index (χ3n) is 2.97. The maximum atomic E-state index is 12.3. The van der Waals surface area contributed by atoms with Gasteiger partial charge < -0.3 is 20.1 Å². The van der Waals surface area contributed by atoms with Crippen LogP contribution in [0.2, 0.25) is 5.02 Å². The molecule has 1 aromatic heterocycles. The highest BCUT2D eigenvalue weighted by Crippen LogP contribution is 2.30. The molecular formula is C16H15ClF2N4O3. The summed E-state index contributed by atoms with van der Waals surface area (Å²) in [6.45, 7) is -3.02. The van der Waals surface area contributed by atoms with E-state index in [-0.39, 0.29) is 29.0 Å². The van der Waals surface area contributed by atoms with Crippen LogP contribution in [0, 0.1) is 0 Å². The van der Waals surface area contributed by atoms with Crippen LogP contribution in [0.4, 0.5) is 14.5 Å². The molecule has 2 aromatic rings. The molecule has 1 aromatic carbocycles. The predicted molar refractivity (Wildman–Crippen MR) is 94.1 cm³/mol. The fourth-order valence-corrected chi connectivity index (χ4v) is 1.96. The van der Waals surface area contributed by atoms with Crippen molar-refractivity contribution in [3.63, 3.8) is 0 Å². The molecule has 0 saturated carbocycles. The van der Waals surface area contributed by atoms with E-state index in [1.807, 2.05) is 0 Å². The molecular weight excluding hydrogens is 370 g/mol. The van der Waals surface area contributed by atoms with E-state index >= 15 is 0 Å². The first-order chi connectivity index (χ1) is 12.5. The predicted octanol–water partition coefficient (Wildman–Crippen LogP) is 3.44. The Bertz CT molecular complexity index is 803. The molecule has 26 heavy (non-hydrogen) atoms. The standard InChI is InChI=1S/C16H15ClF2N4O3/c1-24-13-3-2-6-21-15(13)25-9-11(23-20)8-22-10-4-5-12(17)14(7-10)26-16(18)19/h2-8,16H,9,20H2,1H3. The number of pyridine rings is 1. The van der Waals surface area contributed by atoms with Crippen molar-refractivity contribution >= 4 is 29.2 Å². The number of nitrogens with zero attached hydrogens (tertiary/aromatic N) is 3. The molecule has 0 radical (unpaired) electrons. The zero-order valence-corrected chi connectivity index (χ0v) is 14.4. The minimum atomic E-state index is -2.99. The monoisotopic (exact) mass is 384 g/mol. The first kappa shape index (κ1) is 19.4. The maximum absolute atomic E-state index is 12.3. The van der Waals surface area contributed by atoms with E-state index in [1.54, 1.807) is 18.3 Å². The number of halogens is 3. The summed E-state index contributed by atoms with van der Waals surface area (Å²) in [5.41, 5.74) is 0.602. The van der Waals surface area contributed by atoms with Gasteiger partial charge in [-0.15, -0.1) is 0 Å². The van der Waals surface area contributed by atoms with Crippen molar-refractivity contribution in [2.45, 2.75) is 6.61 Å². The smallest absolute Gasteiger partial charge is 0.387 e. The SMILES string of the molecule is COc1cccnc1OCC(C=Nc1ccc(Cl)c(OC(F)F)c1)=NN. The van der Waals surface area contributed by atoms with E-state index in [0.29, 0.717) is 11.4 Å². The largest absolute Gasteiger partial charge is 0.491 e. The first-order valence-corrected chi connectivity index (χ1v) is 7.58. The summed E-state index contributed by atoms with van der Waals surface area (Å²) in [6, 6.07) is 7.56. The van der Waals surface area contributed by atoms with Gasteiger partial charge in [0.25, 0.3) is 5.88 Å². The van der Waals surface area contributed by atoms with Gasteiger partial charge in [0.05, 0.1) is 24.0 Å². The lowest BCUT2D eigenvalue weighted by Gasteiger charge is -2.08.